The van der Waals surface area contributed by atoms with E-state index in [9.17, 15) is 19.1 Å². The van der Waals surface area contributed by atoms with Crippen molar-refractivity contribution in [1.82, 2.24) is 10.3 Å². The number of carboxylic acid groups (broad SMARTS) is 1. The van der Waals surface area contributed by atoms with E-state index in [-0.39, 0.29) is 11.5 Å². The van der Waals surface area contributed by atoms with Crippen molar-refractivity contribution in [2.75, 3.05) is 0 Å². The summed E-state index contributed by atoms with van der Waals surface area (Å²) in [6.45, 7) is 0. The molecule has 1 aliphatic carbocycles. The molecule has 2 aromatic rings. The van der Waals surface area contributed by atoms with Crippen LogP contribution in [-0.4, -0.2) is 27.5 Å². The first-order valence-electron chi connectivity index (χ1n) is 7.74. The number of rotatable bonds is 5. The van der Waals surface area contributed by atoms with Crippen molar-refractivity contribution in [3.05, 3.63) is 51.7 Å². The maximum atomic E-state index is 13.7. The average Bonchev–Trinajstić information content (AvgIpc) is 3.20. The minimum Gasteiger partial charge on any atom is -0.480 e. The maximum absolute atomic E-state index is 13.7. The van der Waals surface area contributed by atoms with Gasteiger partial charge in [-0.05, 0) is 24.5 Å². The third-order valence-electron chi connectivity index (χ3n) is 4.30. The van der Waals surface area contributed by atoms with Gasteiger partial charge in [0.1, 0.15) is 17.1 Å². The second-order valence-corrected chi connectivity index (χ2v) is 6.89. The Kier molecular flexibility index (Phi) is 4.62. The molecule has 24 heavy (non-hydrogen) atoms. The Bertz CT molecular complexity index is 769. The molecule has 1 aliphatic rings. The molecule has 0 aliphatic heterocycles. The number of thiazole rings is 1. The van der Waals surface area contributed by atoms with Crippen molar-refractivity contribution in [3.63, 3.8) is 0 Å². The van der Waals surface area contributed by atoms with E-state index in [4.69, 9.17) is 0 Å². The van der Waals surface area contributed by atoms with E-state index >= 15 is 0 Å². The lowest BCUT2D eigenvalue weighted by Crippen LogP contribution is -2.52. The van der Waals surface area contributed by atoms with Crippen molar-refractivity contribution in [3.8, 4) is 0 Å². The SMILES string of the molecule is O=C(NC1(C(=O)O)CCCC1)c1csc(Cc2ccccc2F)n1. The molecule has 5 nitrogen and oxygen atoms in total. The van der Waals surface area contributed by atoms with Crippen molar-refractivity contribution in [2.45, 2.75) is 37.6 Å². The van der Waals surface area contributed by atoms with E-state index in [0.717, 1.165) is 12.8 Å². The Morgan fingerprint density at radius 3 is 2.67 bits per heavy atom. The number of halogens is 1. The Hall–Kier alpha value is -2.28. The van der Waals surface area contributed by atoms with Gasteiger partial charge in [0.05, 0.1) is 5.01 Å². The number of carbonyl (C=O) groups is 2. The van der Waals surface area contributed by atoms with Crippen LogP contribution in [0.5, 0.6) is 0 Å². The molecule has 0 atom stereocenters. The average molecular weight is 348 g/mol. The molecule has 1 heterocycles. The fourth-order valence-electron chi connectivity index (χ4n) is 2.95. The zero-order valence-corrected chi connectivity index (χ0v) is 13.7. The van der Waals surface area contributed by atoms with Crippen LogP contribution < -0.4 is 5.32 Å². The van der Waals surface area contributed by atoms with Gasteiger partial charge in [-0.2, -0.15) is 0 Å². The van der Waals surface area contributed by atoms with Crippen LogP contribution in [0.3, 0.4) is 0 Å². The molecule has 0 unspecified atom stereocenters. The summed E-state index contributed by atoms with van der Waals surface area (Å²) in [7, 11) is 0. The second-order valence-electron chi connectivity index (χ2n) is 5.94. The van der Waals surface area contributed by atoms with E-state index in [2.05, 4.69) is 10.3 Å². The molecule has 1 fully saturated rings. The van der Waals surface area contributed by atoms with Gasteiger partial charge in [-0.3, -0.25) is 4.79 Å². The molecule has 1 saturated carbocycles. The number of aliphatic carboxylic acids is 1. The van der Waals surface area contributed by atoms with Crippen LogP contribution in [0.15, 0.2) is 29.6 Å². The first-order valence-corrected chi connectivity index (χ1v) is 8.62. The van der Waals surface area contributed by atoms with Gasteiger partial charge in [-0.25, -0.2) is 14.2 Å². The summed E-state index contributed by atoms with van der Waals surface area (Å²) in [5.41, 5.74) is -0.498. The van der Waals surface area contributed by atoms with Crippen LogP contribution in [0, 0.1) is 5.82 Å². The molecule has 0 spiro atoms. The Labute approximate surface area is 142 Å². The van der Waals surface area contributed by atoms with Gasteiger partial charge >= 0.3 is 5.97 Å². The van der Waals surface area contributed by atoms with Crippen LogP contribution >= 0.6 is 11.3 Å². The van der Waals surface area contributed by atoms with Gasteiger partial charge in [-0.15, -0.1) is 11.3 Å². The Morgan fingerprint density at radius 2 is 2.00 bits per heavy atom. The smallest absolute Gasteiger partial charge is 0.329 e. The fraction of sp³-hybridized carbons (Fsp3) is 0.353. The monoisotopic (exact) mass is 348 g/mol. The number of amides is 1. The Morgan fingerprint density at radius 1 is 1.29 bits per heavy atom. The summed E-state index contributed by atoms with van der Waals surface area (Å²) >= 11 is 1.26. The normalized spacial score (nSPS) is 16.0. The standard InChI is InChI=1S/C17H17FN2O3S/c18-12-6-2-1-5-11(12)9-14-19-13(10-24-14)15(21)20-17(16(22)23)7-3-4-8-17/h1-2,5-6,10H,3-4,7-9H2,(H,20,21)(H,22,23). The van der Waals surface area contributed by atoms with Gasteiger partial charge in [0.15, 0.2) is 0 Å². The highest BCUT2D eigenvalue weighted by molar-refractivity contribution is 7.09. The summed E-state index contributed by atoms with van der Waals surface area (Å²) in [6.07, 6.45) is 2.72. The zero-order chi connectivity index (χ0) is 17.2. The maximum Gasteiger partial charge on any atom is 0.329 e. The third-order valence-corrected chi connectivity index (χ3v) is 5.15. The molecule has 0 saturated heterocycles. The lowest BCUT2D eigenvalue weighted by atomic mass is 9.98. The van der Waals surface area contributed by atoms with Gasteiger partial charge in [0.2, 0.25) is 0 Å². The topological polar surface area (TPSA) is 79.3 Å². The minimum absolute atomic E-state index is 0.180. The summed E-state index contributed by atoms with van der Waals surface area (Å²) in [4.78, 5) is 28.1. The molecule has 1 aromatic heterocycles. The lowest BCUT2D eigenvalue weighted by Gasteiger charge is -2.24. The molecule has 126 valence electrons. The molecule has 3 rings (SSSR count). The predicted octanol–water partition coefficient (Wildman–Crippen LogP) is 3.00. The quantitative estimate of drug-likeness (QED) is 0.870. The molecule has 7 heteroatoms. The predicted molar refractivity (Wildman–Crippen MR) is 87.6 cm³/mol. The van der Waals surface area contributed by atoms with Crippen molar-refractivity contribution < 1.29 is 19.1 Å². The summed E-state index contributed by atoms with van der Waals surface area (Å²) in [5.74, 6) is -1.81. The van der Waals surface area contributed by atoms with Crippen LogP contribution in [0.1, 0.15) is 46.7 Å². The number of nitrogens with one attached hydrogen (secondary N) is 1. The van der Waals surface area contributed by atoms with Crippen molar-refractivity contribution >= 4 is 23.2 Å². The second kappa shape index (κ2) is 6.68. The number of hydrogen-bond donors (Lipinski definition) is 2. The number of carbonyl (C=O) groups excluding carboxylic acids is 1. The largest absolute Gasteiger partial charge is 0.480 e. The van der Waals surface area contributed by atoms with Gasteiger partial charge < -0.3 is 10.4 Å². The molecule has 1 amide bonds. The molecular weight excluding hydrogens is 331 g/mol. The number of nitrogens with zero attached hydrogens (tertiary/aromatic N) is 1. The van der Waals surface area contributed by atoms with E-state index in [1.807, 2.05) is 0 Å². The number of benzene rings is 1. The van der Waals surface area contributed by atoms with Crippen molar-refractivity contribution in [2.24, 2.45) is 0 Å². The summed E-state index contributed by atoms with van der Waals surface area (Å²) in [5, 5.41) is 14.2. The highest BCUT2D eigenvalue weighted by Crippen LogP contribution is 2.30. The molecule has 0 radical (unpaired) electrons. The summed E-state index contributed by atoms with van der Waals surface area (Å²) < 4.78 is 13.7. The first-order chi connectivity index (χ1) is 11.5. The lowest BCUT2D eigenvalue weighted by molar-refractivity contribution is -0.144. The highest BCUT2D eigenvalue weighted by atomic mass is 32.1. The van der Waals surface area contributed by atoms with E-state index in [1.54, 1.807) is 23.6 Å². The number of aromatic nitrogens is 1. The summed E-state index contributed by atoms with van der Waals surface area (Å²) in [6, 6.07) is 6.42. The van der Waals surface area contributed by atoms with Gasteiger partial charge in [-0.1, -0.05) is 31.0 Å². The number of carboxylic acids is 1. The first kappa shape index (κ1) is 16.6. The van der Waals surface area contributed by atoms with E-state index in [0.29, 0.717) is 29.8 Å². The highest BCUT2D eigenvalue weighted by Gasteiger charge is 2.43. The molecule has 2 N–H and O–H groups in total. The van der Waals surface area contributed by atoms with Crippen LogP contribution in [-0.2, 0) is 11.2 Å². The van der Waals surface area contributed by atoms with E-state index in [1.165, 1.54) is 17.4 Å². The fourth-order valence-corrected chi connectivity index (χ4v) is 3.75. The van der Waals surface area contributed by atoms with Gasteiger partial charge in [0, 0.05) is 11.8 Å². The minimum atomic E-state index is -1.19. The van der Waals surface area contributed by atoms with Crippen LogP contribution in [0.4, 0.5) is 4.39 Å². The van der Waals surface area contributed by atoms with Crippen molar-refractivity contribution in [1.29, 1.82) is 0 Å². The zero-order valence-electron chi connectivity index (χ0n) is 12.9. The number of hydrogen-bond acceptors (Lipinski definition) is 4. The molecule has 1 aromatic carbocycles. The molecular formula is C17H17FN2O3S. The molecule has 0 bridgehead atoms. The van der Waals surface area contributed by atoms with Crippen LogP contribution in [0.2, 0.25) is 0 Å². The van der Waals surface area contributed by atoms with E-state index < -0.39 is 17.4 Å². The third kappa shape index (κ3) is 3.31. The van der Waals surface area contributed by atoms with Gasteiger partial charge in [0.25, 0.3) is 5.91 Å². The Balaban J connectivity index is 1.72. The van der Waals surface area contributed by atoms with Crippen LogP contribution in [0.25, 0.3) is 0 Å².